The summed E-state index contributed by atoms with van der Waals surface area (Å²) in [4.78, 5) is 14.4. The summed E-state index contributed by atoms with van der Waals surface area (Å²) in [6, 6.07) is 2.50. The van der Waals surface area contributed by atoms with Gasteiger partial charge in [-0.3, -0.25) is 0 Å². The molecule has 0 saturated carbocycles. The Labute approximate surface area is 126 Å². The van der Waals surface area contributed by atoms with Crippen molar-refractivity contribution in [3.05, 3.63) is 24.0 Å². The van der Waals surface area contributed by atoms with Crippen molar-refractivity contribution in [3.8, 4) is 0 Å². The topological polar surface area (TPSA) is 65.5 Å². The number of hydrogen-bond acceptors (Lipinski definition) is 4. The van der Waals surface area contributed by atoms with Gasteiger partial charge in [0, 0.05) is 26.2 Å². The summed E-state index contributed by atoms with van der Waals surface area (Å²) in [5.41, 5.74) is -0.0964. The molecule has 11 heteroatoms. The maximum Gasteiger partial charge on any atom is 0.490 e. The minimum Gasteiger partial charge on any atom is -0.475 e. The first kappa shape index (κ1) is 19.0. The quantitative estimate of drug-likeness (QED) is 0.764. The molecule has 1 fully saturated rings. The van der Waals surface area contributed by atoms with Crippen LogP contribution in [-0.2, 0) is 11.0 Å². The molecule has 0 unspecified atom stereocenters. The summed E-state index contributed by atoms with van der Waals surface area (Å²) in [6.07, 6.45) is -8.16. The zero-order valence-corrected chi connectivity index (χ0v) is 11.6. The van der Waals surface area contributed by atoms with E-state index in [1.165, 1.54) is 12.3 Å². The first-order valence-corrected chi connectivity index (χ1v) is 6.31. The minimum absolute atomic E-state index is 0.745. The molecule has 0 spiro atoms. The van der Waals surface area contributed by atoms with Crippen molar-refractivity contribution in [2.24, 2.45) is 0 Å². The number of anilines is 1. The second-order valence-electron chi connectivity index (χ2n) is 4.44. The third-order valence-corrected chi connectivity index (χ3v) is 2.76. The van der Waals surface area contributed by atoms with Crippen LogP contribution in [0.2, 0.25) is 0 Å². The van der Waals surface area contributed by atoms with E-state index in [4.69, 9.17) is 9.90 Å². The van der Waals surface area contributed by atoms with Gasteiger partial charge in [0.2, 0.25) is 0 Å². The molecule has 0 aromatic carbocycles. The van der Waals surface area contributed by atoms with Crippen molar-refractivity contribution >= 4 is 11.7 Å². The fourth-order valence-electron chi connectivity index (χ4n) is 1.66. The van der Waals surface area contributed by atoms with Crippen LogP contribution in [0.1, 0.15) is 5.69 Å². The van der Waals surface area contributed by atoms with Gasteiger partial charge in [0.15, 0.2) is 0 Å². The van der Waals surface area contributed by atoms with Crippen LogP contribution in [0.4, 0.5) is 32.0 Å². The summed E-state index contributed by atoms with van der Waals surface area (Å²) in [5, 5.41) is 10.3. The van der Waals surface area contributed by atoms with E-state index in [1.807, 2.05) is 4.90 Å². The van der Waals surface area contributed by atoms with Crippen molar-refractivity contribution in [3.63, 3.8) is 0 Å². The van der Waals surface area contributed by atoms with Gasteiger partial charge in [-0.05, 0) is 12.1 Å². The third kappa shape index (κ3) is 6.30. The molecule has 5 nitrogen and oxygen atoms in total. The van der Waals surface area contributed by atoms with Gasteiger partial charge in [-0.2, -0.15) is 26.3 Å². The van der Waals surface area contributed by atoms with Gasteiger partial charge in [0.25, 0.3) is 0 Å². The zero-order chi connectivity index (χ0) is 17.7. The third-order valence-electron chi connectivity index (χ3n) is 2.76. The molecule has 0 aliphatic carbocycles. The van der Waals surface area contributed by atoms with Gasteiger partial charge in [0.1, 0.15) is 5.69 Å². The molecule has 1 aromatic rings. The molecule has 0 amide bonds. The molecule has 0 atom stereocenters. The highest BCUT2D eigenvalue weighted by molar-refractivity contribution is 5.73. The Morgan fingerprint density at radius 2 is 1.65 bits per heavy atom. The molecule has 0 bridgehead atoms. The Morgan fingerprint density at radius 3 is 2.00 bits per heavy atom. The number of halogens is 6. The van der Waals surface area contributed by atoms with Crippen molar-refractivity contribution < 1.29 is 36.2 Å². The Balaban J connectivity index is 0.000000322. The lowest BCUT2D eigenvalue weighted by molar-refractivity contribution is -0.192. The molecule has 0 radical (unpaired) electrons. The fourth-order valence-corrected chi connectivity index (χ4v) is 1.66. The van der Waals surface area contributed by atoms with Gasteiger partial charge >= 0.3 is 18.3 Å². The van der Waals surface area contributed by atoms with E-state index in [9.17, 15) is 26.3 Å². The number of nitrogens with one attached hydrogen (secondary N) is 1. The maximum atomic E-state index is 12.3. The summed E-state index contributed by atoms with van der Waals surface area (Å²) in [6.45, 7) is 3.29. The van der Waals surface area contributed by atoms with Crippen molar-refractivity contribution in [1.82, 2.24) is 10.3 Å². The number of aliphatic carboxylic acids is 1. The zero-order valence-electron chi connectivity index (χ0n) is 11.6. The second kappa shape index (κ2) is 7.49. The molecule has 1 aromatic heterocycles. The smallest absolute Gasteiger partial charge is 0.475 e. The van der Waals surface area contributed by atoms with Gasteiger partial charge < -0.3 is 15.3 Å². The van der Waals surface area contributed by atoms with Crippen LogP contribution < -0.4 is 10.2 Å². The van der Waals surface area contributed by atoms with Gasteiger partial charge in [-0.1, -0.05) is 0 Å². The standard InChI is InChI=1S/C10H12F3N3.C2HF3O2/c11-10(12,13)9-2-1-8(7-15-9)16-5-3-14-4-6-16;3-2(4,5)1(6)7/h1-2,7,14H,3-6H2;(H,6,7). The lowest BCUT2D eigenvalue weighted by Crippen LogP contribution is -2.43. The highest BCUT2D eigenvalue weighted by Gasteiger charge is 2.38. The number of piperazine rings is 1. The van der Waals surface area contributed by atoms with Gasteiger partial charge in [0.05, 0.1) is 11.9 Å². The molecule has 1 aliphatic heterocycles. The molecular weight excluding hydrogens is 332 g/mol. The summed E-state index contributed by atoms with van der Waals surface area (Å²) in [7, 11) is 0. The van der Waals surface area contributed by atoms with Crippen LogP contribution in [0.3, 0.4) is 0 Å². The molecule has 1 saturated heterocycles. The van der Waals surface area contributed by atoms with Crippen molar-refractivity contribution in [2.75, 3.05) is 31.1 Å². The first-order valence-electron chi connectivity index (χ1n) is 6.31. The largest absolute Gasteiger partial charge is 0.490 e. The number of nitrogens with zero attached hydrogens (tertiary/aromatic N) is 2. The molecule has 23 heavy (non-hydrogen) atoms. The van der Waals surface area contributed by atoms with Crippen LogP contribution in [0.25, 0.3) is 0 Å². The molecule has 2 rings (SSSR count). The monoisotopic (exact) mass is 345 g/mol. The molecule has 2 heterocycles. The lowest BCUT2D eigenvalue weighted by Gasteiger charge is -2.29. The number of carboxylic acid groups (broad SMARTS) is 1. The van der Waals surface area contributed by atoms with Crippen LogP contribution >= 0.6 is 0 Å². The van der Waals surface area contributed by atoms with E-state index in [1.54, 1.807) is 0 Å². The van der Waals surface area contributed by atoms with E-state index in [2.05, 4.69) is 10.3 Å². The molecular formula is C12H13F6N3O2. The number of hydrogen-bond donors (Lipinski definition) is 2. The van der Waals surface area contributed by atoms with E-state index < -0.39 is 24.0 Å². The van der Waals surface area contributed by atoms with Crippen LogP contribution in [-0.4, -0.2) is 48.4 Å². The summed E-state index contributed by atoms with van der Waals surface area (Å²) >= 11 is 0. The normalized spacial score (nSPS) is 15.7. The number of aromatic nitrogens is 1. The number of alkyl halides is 6. The van der Waals surface area contributed by atoms with Crippen molar-refractivity contribution in [2.45, 2.75) is 12.4 Å². The predicted octanol–water partition coefficient (Wildman–Crippen LogP) is 2.14. The molecule has 2 N–H and O–H groups in total. The average Bonchev–Trinajstić information content (AvgIpc) is 2.47. The van der Waals surface area contributed by atoms with Gasteiger partial charge in [-0.15, -0.1) is 0 Å². The van der Waals surface area contributed by atoms with Crippen LogP contribution in [0.5, 0.6) is 0 Å². The number of carboxylic acids is 1. The number of carbonyl (C=O) groups is 1. The number of pyridine rings is 1. The highest BCUT2D eigenvalue weighted by atomic mass is 19.4. The van der Waals surface area contributed by atoms with Gasteiger partial charge in [-0.25, -0.2) is 9.78 Å². The van der Waals surface area contributed by atoms with E-state index in [0.29, 0.717) is 0 Å². The Bertz CT molecular complexity index is 509. The molecule has 1 aliphatic rings. The van der Waals surface area contributed by atoms with E-state index >= 15 is 0 Å². The van der Waals surface area contributed by atoms with E-state index in [-0.39, 0.29) is 0 Å². The number of rotatable bonds is 1. The lowest BCUT2D eigenvalue weighted by atomic mass is 10.2. The minimum atomic E-state index is -5.08. The molecule has 130 valence electrons. The Morgan fingerprint density at radius 1 is 1.13 bits per heavy atom. The predicted molar refractivity (Wildman–Crippen MR) is 68.0 cm³/mol. The summed E-state index contributed by atoms with van der Waals surface area (Å²) in [5.74, 6) is -2.76. The van der Waals surface area contributed by atoms with Crippen molar-refractivity contribution in [1.29, 1.82) is 0 Å². The van der Waals surface area contributed by atoms with Crippen LogP contribution in [0.15, 0.2) is 18.3 Å². The Kier molecular flexibility index (Phi) is 6.19. The second-order valence-corrected chi connectivity index (χ2v) is 4.44. The van der Waals surface area contributed by atoms with Crippen LogP contribution in [0, 0.1) is 0 Å². The fraction of sp³-hybridized carbons (Fsp3) is 0.500. The maximum absolute atomic E-state index is 12.3. The van der Waals surface area contributed by atoms with E-state index in [0.717, 1.165) is 37.9 Å². The first-order chi connectivity index (χ1) is 10.5. The SMILES string of the molecule is FC(F)(F)c1ccc(N2CCNCC2)cn1.O=C(O)C(F)(F)F. The Hall–Kier alpha value is -2.04. The summed E-state index contributed by atoms with van der Waals surface area (Å²) < 4.78 is 68.6. The average molecular weight is 345 g/mol. The highest BCUT2D eigenvalue weighted by Crippen LogP contribution is 2.28.